The molecule has 12 nitrogen and oxygen atoms in total. The zero-order chi connectivity index (χ0) is 37.8. The van der Waals surface area contributed by atoms with Crippen LogP contribution in [-0.2, 0) is 32.8 Å². The first-order valence-electron chi connectivity index (χ1n) is 18.5. The van der Waals surface area contributed by atoms with Crippen molar-refractivity contribution in [2.75, 3.05) is 25.5 Å². The lowest BCUT2D eigenvalue weighted by Gasteiger charge is -2.38. The van der Waals surface area contributed by atoms with Crippen molar-refractivity contribution < 1.29 is 33.7 Å². The summed E-state index contributed by atoms with van der Waals surface area (Å²) in [6.07, 6.45) is 3.61. The molecule has 0 bridgehead atoms. The maximum atomic E-state index is 13.9. The molecule has 1 saturated carbocycles. The number of fused-ring (bicyclic) bond motifs is 3. The lowest BCUT2D eigenvalue weighted by molar-refractivity contribution is -0.156. The van der Waals surface area contributed by atoms with Gasteiger partial charge in [-0.2, -0.15) is 0 Å². The topological polar surface area (TPSA) is 155 Å². The predicted octanol–water partition coefficient (Wildman–Crippen LogP) is 5.98. The zero-order valence-corrected chi connectivity index (χ0v) is 30.5. The Morgan fingerprint density at radius 3 is 2.43 bits per heavy atom. The number of ether oxygens (including phenoxy) is 2. The highest BCUT2D eigenvalue weighted by Gasteiger charge is 2.46. The van der Waals surface area contributed by atoms with Crippen molar-refractivity contribution in [3.8, 4) is 17.2 Å². The molecule has 4 aromatic carbocycles. The number of phenols is 1. The second-order valence-corrected chi connectivity index (χ2v) is 14.4. The Labute approximate surface area is 313 Å². The van der Waals surface area contributed by atoms with Crippen molar-refractivity contribution in [3.63, 3.8) is 0 Å². The van der Waals surface area contributed by atoms with Gasteiger partial charge in [0, 0.05) is 36.8 Å². The molecule has 2 heterocycles. The molecule has 54 heavy (non-hydrogen) atoms. The molecule has 5 aromatic rings. The molecule has 0 spiro atoms. The Kier molecular flexibility index (Phi) is 10.9. The third kappa shape index (κ3) is 7.50. The number of nitrogens with one attached hydrogen (secondary N) is 2. The quantitative estimate of drug-likeness (QED) is 0.0609. The Balaban J connectivity index is 0.881. The van der Waals surface area contributed by atoms with E-state index in [1.54, 1.807) is 10.6 Å². The van der Waals surface area contributed by atoms with Gasteiger partial charge in [0.25, 0.3) is 0 Å². The van der Waals surface area contributed by atoms with Crippen LogP contribution < -0.4 is 21.1 Å². The van der Waals surface area contributed by atoms with Gasteiger partial charge in [0.05, 0.1) is 17.3 Å². The van der Waals surface area contributed by atoms with Gasteiger partial charge in [0.1, 0.15) is 28.8 Å². The fourth-order valence-corrected chi connectivity index (χ4v) is 7.80. The van der Waals surface area contributed by atoms with E-state index >= 15 is 0 Å². The molecule has 4 N–H and O–H groups in total. The molecule has 1 amide bonds. The number of aliphatic hydroxyl groups excluding tert-OH is 1. The van der Waals surface area contributed by atoms with Crippen molar-refractivity contribution in [3.05, 3.63) is 118 Å². The molecule has 0 radical (unpaired) electrons. The number of oxazole rings is 1. The second-order valence-electron chi connectivity index (χ2n) is 14.4. The number of phenolic OH excluding ortho intramolecular Hbond substituents is 1. The van der Waals surface area contributed by atoms with Crippen LogP contribution in [0.15, 0.2) is 94.1 Å². The van der Waals surface area contributed by atoms with Gasteiger partial charge < -0.3 is 39.6 Å². The number of hydrogen-bond acceptors (Lipinski definition) is 10. The molecular formula is C42H46N4O8. The number of carbonyl (C=O) groups excluding carboxylic acids is 2. The van der Waals surface area contributed by atoms with E-state index in [2.05, 4.69) is 22.6 Å². The van der Waals surface area contributed by atoms with E-state index in [0.29, 0.717) is 48.2 Å². The van der Waals surface area contributed by atoms with E-state index in [1.165, 1.54) is 12.1 Å². The summed E-state index contributed by atoms with van der Waals surface area (Å²) in [6, 6.07) is 25.9. The van der Waals surface area contributed by atoms with Crippen LogP contribution in [0.2, 0.25) is 0 Å². The van der Waals surface area contributed by atoms with Crippen LogP contribution >= 0.6 is 0 Å². The molecule has 1 aliphatic heterocycles. The van der Waals surface area contributed by atoms with Gasteiger partial charge in [0.2, 0.25) is 6.41 Å². The van der Waals surface area contributed by atoms with Gasteiger partial charge in [0.15, 0.2) is 5.58 Å². The molecule has 0 unspecified atom stereocenters. The third-order valence-electron chi connectivity index (χ3n) is 10.9. The Morgan fingerprint density at radius 2 is 1.72 bits per heavy atom. The maximum absolute atomic E-state index is 13.9. The average Bonchev–Trinajstić information content (AvgIpc) is 3.49. The number of amides is 1. The van der Waals surface area contributed by atoms with Crippen LogP contribution in [0.5, 0.6) is 17.2 Å². The van der Waals surface area contributed by atoms with E-state index in [4.69, 9.17) is 13.9 Å². The lowest BCUT2D eigenvalue weighted by Crippen LogP contribution is -2.42. The third-order valence-corrected chi connectivity index (χ3v) is 10.9. The number of aromatic nitrogens is 1. The molecule has 1 fully saturated rings. The SMILES string of the molecule is CN(CCCn1c(=O)oc2cc(CNC[C@H](O)c3ccc(O)c(NC=O)c3)ccc21)C1CCC(OC(=O)C2(C)c3ccccc3Oc3ccccc32)CC1. The molecule has 1 aliphatic carbocycles. The van der Waals surface area contributed by atoms with Gasteiger partial charge in [-0.05, 0) is 100 Å². The summed E-state index contributed by atoms with van der Waals surface area (Å²) in [5.41, 5.74) is 3.56. The lowest BCUT2D eigenvalue weighted by atomic mass is 9.74. The van der Waals surface area contributed by atoms with Crippen LogP contribution in [0.4, 0.5) is 5.69 Å². The highest BCUT2D eigenvalue weighted by Crippen LogP contribution is 2.49. The summed E-state index contributed by atoms with van der Waals surface area (Å²) in [6.45, 7) is 3.92. The summed E-state index contributed by atoms with van der Waals surface area (Å²) in [5.74, 6) is 0.619. The number of esters is 1. The number of aryl methyl sites for hydroxylation is 1. The second kappa shape index (κ2) is 15.9. The smallest absolute Gasteiger partial charge is 0.419 e. The Bertz CT molecular complexity index is 2140. The Hall–Kier alpha value is -5.43. The van der Waals surface area contributed by atoms with Crippen molar-refractivity contribution in [2.45, 2.75) is 75.8 Å². The van der Waals surface area contributed by atoms with E-state index in [1.807, 2.05) is 73.7 Å². The number of hydrogen-bond donors (Lipinski definition) is 4. The van der Waals surface area contributed by atoms with Gasteiger partial charge in [-0.25, -0.2) is 4.79 Å². The molecule has 12 heteroatoms. The number of anilines is 1. The normalized spacial score (nSPS) is 18.0. The summed E-state index contributed by atoms with van der Waals surface area (Å²) in [4.78, 5) is 39.9. The number of rotatable bonds is 14. The number of benzene rings is 4. The van der Waals surface area contributed by atoms with Gasteiger partial charge in [-0.3, -0.25) is 14.2 Å². The monoisotopic (exact) mass is 734 g/mol. The number of aliphatic hydroxyl groups is 1. The maximum Gasteiger partial charge on any atom is 0.419 e. The molecule has 282 valence electrons. The number of carbonyl (C=O) groups is 2. The molecule has 7 rings (SSSR count). The fourth-order valence-electron chi connectivity index (χ4n) is 7.80. The van der Waals surface area contributed by atoms with E-state index in [0.717, 1.165) is 60.9 Å². The first kappa shape index (κ1) is 36.9. The van der Waals surface area contributed by atoms with E-state index in [9.17, 15) is 24.6 Å². The largest absolute Gasteiger partial charge is 0.506 e. The van der Waals surface area contributed by atoms with Crippen LogP contribution in [0.1, 0.15) is 67.4 Å². The molecule has 1 atom stereocenters. The van der Waals surface area contributed by atoms with Gasteiger partial charge >= 0.3 is 11.7 Å². The minimum atomic E-state index is -0.964. The standard InChI is InChI=1S/C42H46N4O8/c1-42(31-8-3-5-10-37(31)53-38-11-6-4-9-32(38)42)40(50)52-30-16-14-29(15-17-30)45(2)20-7-21-46-34-18-12-27(22-39(34)54-41(46)51)24-43-25-36(49)28-13-19-35(48)33(23-28)44-26-47/h3-6,8-13,18-19,22-23,26,29-30,36,43,48-49H,7,14-17,20-21,24-25H2,1-2H3,(H,44,47)/t29?,30?,36-/m0/s1. The number of aromatic hydroxyl groups is 1. The molecule has 2 aliphatic rings. The molecular weight excluding hydrogens is 688 g/mol. The summed E-state index contributed by atoms with van der Waals surface area (Å²) in [7, 11) is 2.11. The summed E-state index contributed by atoms with van der Waals surface area (Å²) < 4.78 is 19.6. The van der Waals surface area contributed by atoms with Gasteiger partial charge in [-0.1, -0.05) is 48.5 Å². The average molecular weight is 735 g/mol. The van der Waals surface area contributed by atoms with Crippen molar-refractivity contribution in [1.29, 1.82) is 0 Å². The van der Waals surface area contributed by atoms with Crippen molar-refractivity contribution >= 4 is 29.2 Å². The summed E-state index contributed by atoms with van der Waals surface area (Å²) in [5, 5.41) is 26.1. The number of nitrogens with zero attached hydrogens (tertiary/aromatic N) is 2. The van der Waals surface area contributed by atoms with Crippen LogP contribution in [0.3, 0.4) is 0 Å². The summed E-state index contributed by atoms with van der Waals surface area (Å²) >= 11 is 0. The predicted molar refractivity (Wildman–Crippen MR) is 204 cm³/mol. The highest BCUT2D eigenvalue weighted by atomic mass is 16.5. The number of para-hydroxylation sites is 2. The minimum Gasteiger partial charge on any atom is -0.506 e. The van der Waals surface area contributed by atoms with E-state index in [-0.39, 0.29) is 30.1 Å². The molecule has 1 aromatic heterocycles. The van der Waals surface area contributed by atoms with Crippen LogP contribution in [0.25, 0.3) is 11.1 Å². The van der Waals surface area contributed by atoms with Crippen molar-refractivity contribution in [1.82, 2.24) is 14.8 Å². The zero-order valence-electron chi connectivity index (χ0n) is 30.5. The minimum absolute atomic E-state index is 0.0844. The highest BCUT2D eigenvalue weighted by molar-refractivity contribution is 5.90. The first-order valence-corrected chi connectivity index (χ1v) is 18.5. The first-order chi connectivity index (χ1) is 26.1. The van der Waals surface area contributed by atoms with Crippen LogP contribution in [-0.4, -0.2) is 64.3 Å². The van der Waals surface area contributed by atoms with Gasteiger partial charge in [-0.15, -0.1) is 0 Å². The molecule has 0 saturated heterocycles. The van der Waals surface area contributed by atoms with Crippen LogP contribution in [0, 0.1) is 0 Å². The fraction of sp³-hybridized carbons (Fsp3) is 0.357. The van der Waals surface area contributed by atoms with Crippen molar-refractivity contribution in [2.24, 2.45) is 0 Å². The van der Waals surface area contributed by atoms with E-state index < -0.39 is 17.3 Å². The Morgan fingerprint density at radius 1 is 1.02 bits per heavy atom.